The van der Waals surface area contributed by atoms with Gasteiger partial charge in [-0.2, -0.15) is 0 Å². The SMILES string of the molecule is CN=C(NCC1(CS(C)(=O)=O)CC1)N1CC(C)OC(c2ccc(F)cc2)C1.I. The second kappa shape index (κ2) is 9.25. The summed E-state index contributed by atoms with van der Waals surface area (Å²) < 4.78 is 42.6. The maximum atomic E-state index is 13.2. The molecule has 0 spiro atoms. The van der Waals surface area contributed by atoms with Crippen molar-refractivity contribution in [3.8, 4) is 0 Å². The number of nitrogens with one attached hydrogen (secondary N) is 1. The van der Waals surface area contributed by atoms with Crippen molar-refractivity contribution < 1.29 is 17.5 Å². The first kappa shape index (κ1) is 23.3. The summed E-state index contributed by atoms with van der Waals surface area (Å²) >= 11 is 0. The van der Waals surface area contributed by atoms with Gasteiger partial charge in [-0.25, -0.2) is 12.8 Å². The van der Waals surface area contributed by atoms with Gasteiger partial charge in [0, 0.05) is 31.8 Å². The third-order valence-electron chi connectivity index (χ3n) is 5.16. The lowest BCUT2D eigenvalue weighted by Crippen LogP contribution is -2.51. The molecule has 1 heterocycles. The van der Waals surface area contributed by atoms with Gasteiger partial charge >= 0.3 is 0 Å². The van der Waals surface area contributed by atoms with Gasteiger partial charge in [-0.3, -0.25) is 4.99 Å². The fourth-order valence-corrected chi connectivity index (χ4v) is 5.19. The van der Waals surface area contributed by atoms with Gasteiger partial charge in [0.15, 0.2) is 5.96 Å². The zero-order chi connectivity index (χ0) is 19.7. The minimum atomic E-state index is -3.00. The lowest BCUT2D eigenvalue weighted by atomic mass is 10.1. The number of nitrogens with zero attached hydrogens (tertiary/aromatic N) is 2. The van der Waals surface area contributed by atoms with E-state index in [9.17, 15) is 12.8 Å². The molecule has 1 aromatic carbocycles. The van der Waals surface area contributed by atoms with E-state index < -0.39 is 9.84 Å². The fourth-order valence-electron chi connectivity index (χ4n) is 3.69. The van der Waals surface area contributed by atoms with E-state index >= 15 is 0 Å². The van der Waals surface area contributed by atoms with Crippen LogP contribution in [0.2, 0.25) is 0 Å². The van der Waals surface area contributed by atoms with Crippen molar-refractivity contribution in [2.75, 3.05) is 38.7 Å². The van der Waals surface area contributed by atoms with Crippen LogP contribution >= 0.6 is 24.0 Å². The third-order valence-corrected chi connectivity index (χ3v) is 6.30. The zero-order valence-electron chi connectivity index (χ0n) is 16.5. The Bertz CT molecular complexity index is 797. The Hall–Kier alpha value is -0.940. The summed E-state index contributed by atoms with van der Waals surface area (Å²) in [5, 5.41) is 3.36. The Morgan fingerprint density at radius 1 is 1.32 bits per heavy atom. The molecule has 1 saturated heterocycles. The standard InChI is InChI=1S/C19H28FN3O3S.HI/c1-14-10-23(11-17(26-14)15-4-6-16(20)7-5-15)18(21-2)22-12-19(8-9-19)13-27(3,24)25;/h4-7,14,17H,8-13H2,1-3H3,(H,21,22);1H. The van der Waals surface area contributed by atoms with Gasteiger partial charge in [0.05, 0.1) is 18.4 Å². The first-order chi connectivity index (χ1) is 12.7. The molecule has 1 N–H and O–H groups in total. The molecule has 2 aliphatic rings. The molecule has 2 atom stereocenters. The van der Waals surface area contributed by atoms with Crippen LogP contribution in [0.3, 0.4) is 0 Å². The van der Waals surface area contributed by atoms with Crippen molar-refractivity contribution in [3.05, 3.63) is 35.6 Å². The van der Waals surface area contributed by atoms with Crippen LogP contribution in [-0.4, -0.2) is 64.1 Å². The van der Waals surface area contributed by atoms with Gasteiger partial charge in [0.2, 0.25) is 0 Å². The van der Waals surface area contributed by atoms with Gasteiger partial charge in [0.1, 0.15) is 21.8 Å². The highest BCUT2D eigenvalue weighted by Gasteiger charge is 2.45. The first-order valence-electron chi connectivity index (χ1n) is 9.24. The second-order valence-corrected chi connectivity index (χ2v) is 10.0. The minimum absolute atomic E-state index is 0. The summed E-state index contributed by atoms with van der Waals surface area (Å²) in [5.41, 5.74) is 0.761. The van der Waals surface area contributed by atoms with Crippen LogP contribution in [-0.2, 0) is 14.6 Å². The summed E-state index contributed by atoms with van der Waals surface area (Å²) in [6.45, 7) is 3.90. The molecular formula is C19H29FIN3O3S. The molecule has 0 aromatic heterocycles. The van der Waals surface area contributed by atoms with Crippen molar-refractivity contribution >= 4 is 39.8 Å². The molecule has 0 radical (unpaired) electrons. The average Bonchev–Trinajstić information content (AvgIpc) is 3.33. The molecule has 1 aliphatic carbocycles. The Morgan fingerprint density at radius 2 is 1.96 bits per heavy atom. The Labute approximate surface area is 183 Å². The highest BCUT2D eigenvalue weighted by Crippen LogP contribution is 2.46. The quantitative estimate of drug-likeness (QED) is 0.364. The van der Waals surface area contributed by atoms with Gasteiger partial charge in [0.25, 0.3) is 0 Å². The van der Waals surface area contributed by atoms with Crippen LogP contribution in [0.15, 0.2) is 29.3 Å². The van der Waals surface area contributed by atoms with Gasteiger partial charge < -0.3 is 15.0 Å². The summed E-state index contributed by atoms with van der Waals surface area (Å²) in [5.74, 6) is 0.691. The largest absolute Gasteiger partial charge is 0.367 e. The van der Waals surface area contributed by atoms with E-state index in [2.05, 4.69) is 15.2 Å². The molecule has 1 aliphatic heterocycles. The number of benzene rings is 1. The minimum Gasteiger partial charge on any atom is -0.367 e. The van der Waals surface area contributed by atoms with Crippen LogP contribution in [0.1, 0.15) is 31.4 Å². The topological polar surface area (TPSA) is 71.0 Å². The molecule has 2 fully saturated rings. The lowest BCUT2D eigenvalue weighted by molar-refractivity contribution is -0.0605. The highest BCUT2D eigenvalue weighted by atomic mass is 127. The van der Waals surface area contributed by atoms with Crippen LogP contribution in [0.5, 0.6) is 0 Å². The summed E-state index contributed by atoms with van der Waals surface area (Å²) in [6.07, 6.45) is 2.96. The van der Waals surface area contributed by atoms with E-state index in [0.717, 1.165) is 24.4 Å². The molecule has 0 bridgehead atoms. The number of aliphatic imine (C=N–C) groups is 1. The van der Waals surface area contributed by atoms with Gasteiger partial charge in [-0.05, 0) is 37.5 Å². The van der Waals surface area contributed by atoms with Crippen molar-refractivity contribution in [1.29, 1.82) is 0 Å². The maximum Gasteiger partial charge on any atom is 0.193 e. The Balaban J connectivity index is 0.00000280. The predicted molar refractivity (Wildman–Crippen MR) is 119 cm³/mol. The average molecular weight is 525 g/mol. The van der Waals surface area contributed by atoms with E-state index in [-0.39, 0.29) is 53.2 Å². The number of ether oxygens (including phenoxy) is 1. The van der Waals surface area contributed by atoms with E-state index in [1.54, 1.807) is 19.2 Å². The third kappa shape index (κ3) is 6.28. The molecular weight excluding hydrogens is 496 g/mol. The summed E-state index contributed by atoms with van der Waals surface area (Å²) in [7, 11) is -1.27. The van der Waals surface area contributed by atoms with Crippen LogP contribution < -0.4 is 5.32 Å². The predicted octanol–water partition coefficient (Wildman–Crippen LogP) is 2.61. The zero-order valence-corrected chi connectivity index (χ0v) is 19.7. The van der Waals surface area contributed by atoms with E-state index in [4.69, 9.17) is 4.74 Å². The van der Waals surface area contributed by atoms with Crippen LogP contribution in [0.4, 0.5) is 4.39 Å². The van der Waals surface area contributed by atoms with Gasteiger partial charge in [-0.15, -0.1) is 24.0 Å². The summed E-state index contributed by atoms with van der Waals surface area (Å²) in [6, 6.07) is 6.38. The molecule has 0 amide bonds. The van der Waals surface area contributed by atoms with Crippen molar-refractivity contribution in [2.24, 2.45) is 10.4 Å². The fraction of sp³-hybridized carbons (Fsp3) is 0.632. The molecule has 2 unspecified atom stereocenters. The molecule has 6 nitrogen and oxygen atoms in total. The van der Waals surface area contributed by atoms with Crippen molar-refractivity contribution in [3.63, 3.8) is 0 Å². The Morgan fingerprint density at radius 3 is 2.50 bits per heavy atom. The van der Waals surface area contributed by atoms with Crippen molar-refractivity contribution in [2.45, 2.75) is 32.0 Å². The lowest BCUT2D eigenvalue weighted by Gasteiger charge is -2.39. The molecule has 1 aromatic rings. The molecule has 28 heavy (non-hydrogen) atoms. The molecule has 3 rings (SSSR count). The number of morpholine rings is 1. The second-order valence-electron chi connectivity index (χ2n) is 7.86. The maximum absolute atomic E-state index is 13.2. The molecule has 9 heteroatoms. The van der Waals surface area contributed by atoms with E-state index in [0.29, 0.717) is 19.6 Å². The number of hydrogen-bond donors (Lipinski definition) is 1. The van der Waals surface area contributed by atoms with E-state index in [1.165, 1.54) is 18.4 Å². The number of halogens is 2. The number of guanidine groups is 1. The number of hydrogen-bond acceptors (Lipinski definition) is 4. The normalized spacial score (nSPS) is 24.4. The monoisotopic (exact) mass is 525 g/mol. The molecule has 158 valence electrons. The number of sulfone groups is 1. The molecule has 1 saturated carbocycles. The first-order valence-corrected chi connectivity index (χ1v) is 11.3. The summed E-state index contributed by atoms with van der Waals surface area (Å²) in [4.78, 5) is 6.51. The van der Waals surface area contributed by atoms with Crippen LogP contribution in [0.25, 0.3) is 0 Å². The Kier molecular flexibility index (Phi) is 7.71. The van der Waals surface area contributed by atoms with E-state index in [1.807, 2.05) is 6.92 Å². The van der Waals surface area contributed by atoms with Crippen LogP contribution in [0, 0.1) is 11.2 Å². The van der Waals surface area contributed by atoms with Gasteiger partial charge in [-0.1, -0.05) is 12.1 Å². The van der Waals surface area contributed by atoms with Crippen molar-refractivity contribution in [1.82, 2.24) is 10.2 Å². The highest BCUT2D eigenvalue weighted by molar-refractivity contribution is 14.0. The smallest absolute Gasteiger partial charge is 0.193 e. The number of rotatable bonds is 5.